The Hall–Kier alpha value is -0.990. The molecule has 0 rings (SSSR count). The van der Waals surface area contributed by atoms with E-state index in [1.165, 1.54) is 12.8 Å². The van der Waals surface area contributed by atoms with Crippen LogP contribution in [0, 0.1) is 5.92 Å². The monoisotopic (exact) mass is 225 g/mol. The highest BCUT2D eigenvalue weighted by atomic mass is 15.2. The molecule has 0 aromatic carbocycles. The summed E-state index contributed by atoms with van der Waals surface area (Å²) >= 11 is 0. The van der Waals surface area contributed by atoms with Gasteiger partial charge in [0.15, 0.2) is 5.96 Å². The largest absolute Gasteiger partial charge is 0.357 e. The zero-order valence-corrected chi connectivity index (χ0v) is 11.2. The van der Waals surface area contributed by atoms with Gasteiger partial charge in [0.25, 0.3) is 0 Å². The van der Waals surface area contributed by atoms with E-state index in [4.69, 9.17) is 0 Å². The number of nitrogens with one attached hydrogen (secondary N) is 2. The third kappa shape index (κ3) is 8.33. The smallest absolute Gasteiger partial charge is 0.191 e. The van der Waals surface area contributed by atoms with E-state index in [0.29, 0.717) is 12.6 Å². The predicted molar refractivity (Wildman–Crippen MR) is 72.8 cm³/mol. The summed E-state index contributed by atoms with van der Waals surface area (Å²) in [6.07, 6.45) is 4.23. The second-order valence-corrected chi connectivity index (χ2v) is 4.52. The van der Waals surface area contributed by atoms with Crippen LogP contribution < -0.4 is 10.6 Å². The second kappa shape index (κ2) is 9.25. The van der Waals surface area contributed by atoms with Crippen LogP contribution in [0.2, 0.25) is 0 Å². The molecule has 0 saturated carbocycles. The molecule has 0 aromatic rings. The van der Waals surface area contributed by atoms with Crippen molar-refractivity contribution < 1.29 is 0 Å². The van der Waals surface area contributed by atoms with Crippen LogP contribution in [0.25, 0.3) is 0 Å². The van der Waals surface area contributed by atoms with Gasteiger partial charge in [-0.1, -0.05) is 19.9 Å². The fourth-order valence-corrected chi connectivity index (χ4v) is 1.36. The van der Waals surface area contributed by atoms with Gasteiger partial charge in [0, 0.05) is 12.6 Å². The summed E-state index contributed by atoms with van der Waals surface area (Å²) in [5, 5.41) is 6.63. The summed E-state index contributed by atoms with van der Waals surface area (Å²) in [7, 11) is 0. The highest BCUT2D eigenvalue weighted by Crippen LogP contribution is 2.06. The lowest BCUT2D eigenvalue weighted by molar-refractivity contribution is 0.489. The third-order valence-corrected chi connectivity index (χ3v) is 2.28. The molecule has 2 N–H and O–H groups in total. The van der Waals surface area contributed by atoms with E-state index in [0.717, 1.165) is 18.4 Å². The number of guanidine groups is 1. The van der Waals surface area contributed by atoms with Crippen LogP contribution in [-0.2, 0) is 0 Å². The fourth-order valence-electron chi connectivity index (χ4n) is 1.36. The van der Waals surface area contributed by atoms with Gasteiger partial charge in [-0.15, -0.1) is 6.58 Å². The SMILES string of the molecule is C=CCN=C(NCC)NC(C)CCC(C)C. The number of aliphatic imine (C=N–C) groups is 1. The molecule has 0 aromatic heterocycles. The molecule has 0 fully saturated rings. The topological polar surface area (TPSA) is 36.4 Å². The van der Waals surface area contributed by atoms with Crippen molar-refractivity contribution in [3.63, 3.8) is 0 Å². The van der Waals surface area contributed by atoms with E-state index in [-0.39, 0.29) is 0 Å². The Morgan fingerprint density at radius 2 is 2.00 bits per heavy atom. The molecular weight excluding hydrogens is 198 g/mol. The number of rotatable bonds is 7. The lowest BCUT2D eigenvalue weighted by atomic mass is 10.0. The van der Waals surface area contributed by atoms with Crippen molar-refractivity contribution in [1.29, 1.82) is 0 Å². The van der Waals surface area contributed by atoms with E-state index in [9.17, 15) is 0 Å². The first-order valence-electron chi connectivity index (χ1n) is 6.25. The molecule has 0 aliphatic carbocycles. The maximum absolute atomic E-state index is 4.38. The predicted octanol–water partition coefficient (Wildman–Crippen LogP) is 2.55. The maximum Gasteiger partial charge on any atom is 0.191 e. The van der Waals surface area contributed by atoms with Gasteiger partial charge in [0.05, 0.1) is 6.54 Å². The molecule has 94 valence electrons. The summed E-state index contributed by atoms with van der Waals surface area (Å²) in [5.41, 5.74) is 0. The Morgan fingerprint density at radius 3 is 2.50 bits per heavy atom. The van der Waals surface area contributed by atoms with Gasteiger partial charge in [0.2, 0.25) is 0 Å². The number of hydrogen-bond donors (Lipinski definition) is 2. The van der Waals surface area contributed by atoms with Crippen LogP contribution in [0.3, 0.4) is 0 Å². The Morgan fingerprint density at radius 1 is 1.31 bits per heavy atom. The van der Waals surface area contributed by atoms with Gasteiger partial charge in [-0.25, -0.2) is 4.99 Å². The Bertz CT molecular complexity index is 209. The van der Waals surface area contributed by atoms with Crippen LogP contribution in [-0.4, -0.2) is 25.1 Å². The minimum Gasteiger partial charge on any atom is -0.357 e. The molecule has 16 heavy (non-hydrogen) atoms. The van der Waals surface area contributed by atoms with Crippen LogP contribution in [0.1, 0.15) is 40.5 Å². The fraction of sp³-hybridized carbons (Fsp3) is 0.769. The normalized spacial score (nSPS) is 13.7. The van der Waals surface area contributed by atoms with Crippen molar-refractivity contribution in [1.82, 2.24) is 10.6 Å². The second-order valence-electron chi connectivity index (χ2n) is 4.52. The molecule has 3 heteroatoms. The van der Waals surface area contributed by atoms with E-state index in [1.807, 2.05) is 0 Å². The highest BCUT2D eigenvalue weighted by molar-refractivity contribution is 5.80. The molecule has 1 atom stereocenters. The van der Waals surface area contributed by atoms with Crippen LogP contribution in [0.4, 0.5) is 0 Å². The Balaban J connectivity index is 4.01. The Labute approximate surface area is 100 Å². The van der Waals surface area contributed by atoms with E-state index < -0.39 is 0 Å². The molecule has 0 radical (unpaired) electrons. The van der Waals surface area contributed by atoms with E-state index >= 15 is 0 Å². The Kier molecular flexibility index (Phi) is 8.68. The van der Waals surface area contributed by atoms with E-state index in [1.54, 1.807) is 6.08 Å². The zero-order valence-electron chi connectivity index (χ0n) is 11.2. The van der Waals surface area contributed by atoms with E-state index in [2.05, 4.69) is 49.9 Å². The number of nitrogens with zero attached hydrogens (tertiary/aromatic N) is 1. The molecule has 0 aliphatic rings. The molecule has 0 amide bonds. The maximum atomic E-state index is 4.38. The van der Waals surface area contributed by atoms with Gasteiger partial charge in [-0.05, 0) is 32.6 Å². The molecule has 0 heterocycles. The summed E-state index contributed by atoms with van der Waals surface area (Å²) in [5.74, 6) is 1.65. The van der Waals surface area contributed by atoms with Crippen LogP contribution in [0.5, 0.6) is 0 Å². The van der Waals surface area contributed by atoms with Crippen LogP contribution in [0.15, 0.2) is 17.6 Å². The molecule has 1 unspecified atom stereocenters. The molecule has 0 saturated heterocycles. The van der Waals surface area contributed by atoms with Gasteiger partial charge < -0.3 is 10.6 Å². The summed E-state index contributed by atoms with van der Waals surface area (Å²) in [6.45, 7) is 14.0. The third-order valence-electron chi connectivity index (χ3n) is 2.28. The van der Waals surface area contributed by atoms with Gasteiger partial charge in [0.1, 0.15) is 0 Å². The summed E-state index contributed by atoms with van der Waals surface area (Å²) < 4.78 is 0. The lowest BCUT2D eigenvalue weighted by Crippen LogP contribution is -2.42. The molecule has 3 nitrogen and oxygen atoms in total. The van der Waals surface area contributed by atoms with Gasteiger partial charge in [-0.2, -0.15) is 0 Å². The first-order valence-corrected chi connectivity index (χ1v) is 6.25. The average Bonchev–Trinajstić information content (AvgIpc) is 2.23. The minimum absolute atomic E-state index is 0.463. The summed E-state index contributed by atoms with van der Waals surface area (Å²) in [4.78, 5) is 4.38. The van der Waals surface area contributed by atoms with Gasteiger partial charge >= 0.3 is 0 Å². The van der Waals surface area contributed by atoms with Gasteiger partial charge in [-0.3, -0.25) is 0 Å². The first-order chi connectivity index (χ1) is 7.60. The van der Waals surface area contributed by atoms with Crippen molar-refractivity contribution >= 4 is 5.96 Å². The zero-order chi connectivity index (χ0) is 12.4. The van der Waals surface area contributed by atoms with Crippen molar-refractivity contribution in [3.8, 4) is 0 Å². The van der Waals surface area contributed by atoms with Crippen LogP contribution >= 0.6 is 0 Å². The number of hydrogen-bond acceptors (Lipinski definition) is 1. The molecule has 0 spiro atoms. The van der Waals surface area contributed by atoms with Crippen molar-refractivity contribution in [3.05, 3.63) is 12.7 Å². The minimum atomic E-state index is 0.463. The summed E-state index contributed by atoms with van der Waals surface area (Å²) in [6, 6.07) is 0.463. The lowest BCUT2D eigenvalue weighted by Gasteiger charge is -2.18. The molecule has 0 aliphatic heterocycles. The van der Waals surface area contributed by atoms with Crippen molar-refractivity contribution in [2.45, 2.75) is 46.6 Å². The van der Waals surface area contributed by atoms with Crippen molar-refractivity contribution in [2.24, 2.45) is 10.9 Å². The standard InChI is InChI=1S/C13H27N3/c1-6-10-15-13(14-7-2)16-12(5)9-8-11(3)4/h6,11-12H,1,7-10H2,2-5H3,(H2,14,15,16). The average molecular weight is 225 g/mol. The quantitative estimate of drug-likeness (QED) is 0.397. The highest BCUT2D eigenvalue weighted by Gasteiger charge is 2.05. The molecule has 0 bridgehead atoms. The molecular formula is C13H27N3. The van der Waals surface area contributed by atoms with Crippen molar-refractivity contribution in [2.75, 3.05) is 13.1 Å². The first kappa shape index (κ1) is 15.0.